The van der Waals surface area contributed by atoms with Gasteiger partial charge in [0.2, 0.25) is 6.10 Å². The number of hydrogen-bond acceptors (Lipinski definition) is 7. The van der Waals surface area contributed by atoms with Gasteiger partial charge in [0, 0.05) is 0 Å². The summed E-state index contributed by atoms with van der Waals surface area (Å²) < 4.78 is 3.80. The van der Waals surface area contributed by atoms with Gasteiger partial charge in [-0.2, -0.15) is 0 Å². The van der Waals surface area contributed by atoms with Crippen molar-refractivity contribution in [2.75, 3.05) is 6.61 Å². The third-order valence-corrected chi connectivity index (χ3v) is 1.71. The summed E-state index contributed by atoms with van der Waals surface area (Å²) >= 11 is 0. The second-order valence-electron chi connectivity index (χ2n) is 2.87. The Labute approximate surface area is 118 Å². The summed E-state index contributed by atoms with van der Waals surface area (Å²) in [6, 6.07) is 0. The molecule has 0 spiro atoms. The molecule has 0 rings (SSSR count). The molecule has 10 heteroatoms. The molecular weight excluding hydrogens is 251 g/mol. The summed E-state index contributed by atoms with van der Waals surface area (Å²) in [6.45, 7) is -0.933. The van der Waals surface area contributed by atoms with E-state index in [0.717, 1.165) is 0 Å². The number of rotatable bonds is 6. The van der Waals surface area contributed by atoms with E-state index in [1.165, 1.54) is 0 Å². The standard InChI is InChI=1S/C7H12O9.Na.H/c8-1-2(9)3(10)4(11)5(6(12)13)16-7(14)15;;/h2-5,8-11H,1H2,(H,12,13)(H,14,15);;/t2-,3-,4+,5-;;/m1../s1. The number of aliphatic hydroxyl groups is 4. The topological polar surface area (TPSA) is 165 Å². The summed E-state index contributed by atoms with van der Waals surface area (Å²) in [7, 11) is 0. The van der Waals surface area contributed by atoms with Crippen molar-refractivity contribution in [3.05, 3.63) is 0 Å². The van der Waals surface area contributed by atoms with Crippen LogP contribution in [-0.4, -0.2) is 103 Å². The summed E-state index contributed by atoms with van der Waals surface area (Å²) in [4.78, 5) is 20.6. The molecule has 0 aromatic rings. The van der Waals surface area contributed by atoms with Crippen molar-refractivity contribution in [2.45, 2.75) is 24.4 Å². The summed E-state index contributed by atoms with van der Waals surface area (Å²) in [5.41, 5.74) is 0. The molecule has 0 aliphatic rings. The Kier molecular flexibility index (Phi) is 9.62. The minimum atomic E-state index is -2.26. The molecule has 17 heavy (non-hydrogen) atoms. The molecule has 6 N–H and O–H groups in total. The molecule has 0 radical (unpaired) electrons. The van der Waals surface area contributed by atoms with Gasteiger partial charge in [0.25, 0.3) is 0 Å². The van der Waals surface area contributed by atoms with Crippen molar-refractivity contribution in [3.63, 3.8) is 0 Å². The van der Waals surface area contributed by atoms with Crippen molar-refractivity contribution < 1.29 is 45.0 Å². The summed E-state index contributed by atoms with van der Waals surface area (Å²) in [6.07, 6.45) is -10.3. The van der Waals surface area contributed by atoms with Crippen LogP contribution in [0.25, 0.3) is 0 Å². The molecule has 0 saturated heterocycles. The molecule has 0 saturated carbocycles. The Morgan fingerprint density at radius 1 is 1.06 bits per heavy atom. The average Bonchev–Trinajstić information content (AvgIpc) is 2.22. The molecular formula is C7H13NaO9. The van der Waals surface area contributed by atoms with Crippen LogP contribution in [0.5, 0.6) is 0 Å². The zero-order valence-electron chi connectivity index (χ0n) is 7.92. The van der Waals surface area contributed by atoms with Gasteiger partial charge in [0.05, 0.1) is 6.61 Å². The minimum absolute atomic E-state index is 0. The number of carbonyl (C=O) groups is 2. The van der Waals surface area contributed by atoms with Gasteiger partial charge in [-0.15, -0.1) is 0 Å². The Balaban J connectivity index is 0. The molecule has 9 nitrogen and oxygen atoms in total. The van der Waals surface area contributed by atoms with Crippen LogP contribution in [0.4, 0.5) is 4.79 Å². The first kappa shape index (κ1) is 18.9. The van der Waals surface area contributed by atoms with Crippen molar-refractivity contribution in [1.82, 2.24) is 0 Å². The van der Waals surface area contributed by atoms with Crippen LogP contribution in [0.3, 0.4) is 0 Å². The Morgan fingerprint density at radius 2 is 1.53 bits per heavy atom. The van der Waals surface area contributed by atoms with Crippen molar-refractivity contribution >= 4 is 41.7 Å². The van der Waals surface area contributed by atoms with Crippen LogP contribution < -0.4 is 0 Å². The zero-order chi connectivity index (χ0) is 12.9. The van der Waals surface area contributed by atoms with E-state index < -0.39 is 43.1 Å². The fourth-order valence-corrected chi connectivity index (χ4v) is 0.890. The Hall–Kier alpha value is -0.420. The van der Waals surface area contributed by atoms with Crippen LogP contribution in [-0.2, 0) is 9.53 Å². The van der Waals surface area contributed by atoms with E-state index in [2.05, 4.69) is 4.74 Å². The van der Waals surface area contributed by atoms with Gasteiger partial charge in [-0.3, -0.25) is 0 Å². The number of aliphatic carboxylic acids is 1. The van der Waals surface area contributed by atoms with E-state index in [-0.39, 0.29) is 29.6 Å². The van der Waals surface area contributed by atoms with Gasteiger partial charge in [-0.05, 0) is 0 Å². The molecule has 0 bridgehead atoms. The SMILES string of the molecule is O=C(O)O[C@@H](C(=O)O)[C@@H](O)[C@H](O)[C@H](O)CO.[NaH]. The van der Waals surface area contributed by atoms with Crippen LogP contribution in [0.1, 0.15) is 0 Å². The maximum absolute atomic E-state index is 10.5. The van der Waals surface area contributed by atoms with Gasteiger partial charge >= 0.3 is 41.7 Å². The fourth-order valence-electron chi connectivity index (χ4n) is 0.890. The molecule has 4 atom stereocenters. The van der Waals surface area contributed by atoms with E-state index in [1.54, 1.807) is 0 Å². The van der Waals surface area contributed by atoms with Crippen LogP contribution in [0.2, 0.25) is 0 Å². The predicted octanol–water partition coefficient (Wildman–Crippen LogP) is -3.44. The van der Waals surface area contributed by atoms with E-state index in [4.69, 9.17) is 25.5 Å². The van der Waals surface area contributed by atoms with Crippen molar-refractivity contribution in [1.29, 1.82) is 0 Å². The number of hydrogen-bond donors (Lipinski definition) is 6. The number of carboxylic acids is 1. The van der Waals surface area contributed by atoms with Gasteiger partial charge in [-0.1, -0.05) is 0 Å². The Bertz CT molecular complexity index is 258. The van der Waals surface area contributed by atoms with Crippen molar-refractivity contribution in [3.8, 4) is 0 Å². The van der Waals surface area contributed by atoms with Gasteiger partial charge in [-0.25, -0.2) is 9.59 Å². The predicted molar refractivity (Wildman–Crippen MR) is 52.8 cm³/mol. The van der Waals surface area contributed by atoms with Crippen LogP contribution in [0.15, 0.2) is 0 Å². The number of aliphatic hydroxyl groups excluding tert-OH is 4. The second kappa shape index (κ2) is 8.64. The van der Waals surface area contributed by atoms with E-state index in [0.29, 0.717) is 0 Å². The van der Waals surface area contributed by atoms with E-state index in [1.807, 2.05) is 0 Å². The Morgan fingerprint density at radius 3 is 1.82 bits per heavy atom. The average molecular weight is 264 g/mol. The second-order valence-corrected chi connectivity index (χ2v) is 2.87. The molecule has 0 amide bonds. The van der Waals surface area contributed by atoms with Gasteiger partial charge in [0.15, 0.2) is 0 Å². The first-order valence-corrected chi connectivity index (χ1v) is 4.08. The van der Waals surface area contributed by atoms with Crippen LogP contribution >= 0.6 is 0 Å². The molecule has 0 fully saturated rings. The first-order chi connectivity index (χ1) is 7.31. The fraction of sp³-hybridized carbons (Fsp3) is 0.714. The molecule has 0 aliphatic heterocycles. The molecule has 96 valence electrons. The molecule has 0 unspecified atom stereocenters. The van der Waals surface area contributed by atoms with Gasteiger partial charge in [0.1, 0.15) is 18.3 Å². The number of carboxylic acid groups (broad SMARTS) is 2. The van der Waals surface area contributed by atoms with Crippen LogP contribution in [0, 0.1) is 0 Å². The molecule has 0 heterocycles. The normalized spacial score (nSPS) is 17.2. The quantitative estimate of drug-likeness (QED) is 0.211. The number of ether oxygens (including phenoxy) is 1. The third-order valence-electron chi connectivity index (χ3n) is 1.71. The molecule has 0 aromatic carbocycles. The summed E-state index contributed by atoms with van der Waals surface area (Å²) in [5.74, 6) is -1.83. The monoisotopic (exact) mass is 264 g/mol. The zero-order valence-corrected chi connectivity index (χ0v) is 7.92. The van der Waals surface area contributed by atoms with E-state index >= 15 is 0 Å². The van der Waals surface area contributed by atoms with Crippen molar-refractivity contribution in [2.24, 2.45) is 0 Å². The van der Waals surface area contributed by atoms with E-state index in [9.17, 15) is 14.7 Å². The first-order valence-electron chi connectivity index (χ1n) is 4.08. The summed E-state index contributed by atoms with van der Waals surface area (Å²) in [5, 5.41) is 52.3. The molecule has 0 aromatic heterocycles. The van der Waals surface area contributed by atoms with Gasteiger partial charge < -0.3 is 35.4 Å². The third kappa shape index (κ3) is 6.17. The molecule has 0 aliphatic carbocycles. The maximum atomic E-state index is 10.5.